The highest BCUT2D eigenvalue weighted by molar-refractivity contribution is 5.92. The number of rotatable bonds is 4. The number of fused-ring (bicyclic) bond motifs is 4. The molecule has 5 rings (SSSR count). The topological polar surface area (TPSA) is 69.9 Å². The second kappa shape index (κ2) is 7.70. The summed E-state index contributed by atoms with van der Waals surface area (Å²) in [5, 5.41) is 3.94. The summed E-state index contributed by atoms with van der Waals surface area (Å²) in [4.78, 5) is 12.3. The summed E-state index contributed by atoms with van der Waals surface area (Å²) in [6.07, 6.45) is 5.24. The van der Waals surface area contributed by atoms with Crippen LogP contribution in [0.1, 0.15) is 30.6 Å². The molecule has 0 fully saturated rings. The molecule has 2 aromatic carbocycles. The smallest absolute Gasteiger partial charge is 0.262 e. The lowest BCUT2D eigenvalue weighted by Gasteiger charge is -2.11. The van der Waals surface area contributed by atoms with E-state index in [1.165, 1.54) is 18.4 Å². The van der Waals surface area contributed by atoms with Crippen LogP contribution in [0, 0.1) is 0 Å². The molecule has 1 N–H and O–H groups in total. The van der Waals surface area contributed by atoms with Gasteiger partial charge in [0, 0.05) is 35.5 Å². The minimum Gasteiger partial charge on any atom is -0.490 e. The molecule has 0 saturated heterocycles. The molecular formula is C23H23NO5. The molecule has 0 saturated carbocycles. The van der Waals surface area contributed by atoms with Crippen molar-refractivity contribution in [3.05, 3.63) is 47.7 Å². The Morgan fingerprint density at radius 2 is 1.83 bits per heavy atom. The van der Waals surface area contributed by atoms with E-state index < -0.39 is 0 Å². The van der Waals surface area contributed by atoms with Gasteiger partial charge in [0.25, 0.3) is 5.91 Å². The first-order valence-electron chi connectivity index (χ1n) is 10.1. The first-order chi connectivity index (χ1) is 14.3. The number of amides is 1. The third-order valence-electron chi connectivity index (χ3n) is 5.33. The zero-order valence-electron chi connectivity index (χ0n) is 16.2. The highest BCUT2D eigenvalue weighted by Crippen LogP contribution is 2.34. The van der Waals surface area contributed by atoms with E-state index in [2.05, 4.69) is 5.32 Å². The Morgan fingerprint density at radius 1 is 0.966 bits per heavy atom. The van der Waals surface area contributed by atoms with Gasteiger partial charge in [-0.05, 0) is 49.6 Å². The van der Waals surface area contributed by atoms with Gasteiger partial charge in [-0.2, -0.15) is 0 Å². The van der Waals surface area contributed by atoms with Crippen molar-refractivity contribution in [1.29, 1.82) is 0 Å². The van der Waals surface area contributed by atoms with Crippen LogP contribution in [0.4, 0.5) is 5.69 Å². The summed E-state index contributed by atoms with van der Waals surface area (Å²) in [5.74, 6) is 2.88. The van der Waals surface area contributed by atoms with E-state index in [-0.39, 0.29) is 12.5 Å². The molecule has 2 aliphatic rings. The summed E-state index contributed by atoms with van der Waals surface area (Å²) in [6, 6.07) is 11.1. The molecule has 6 heteroatoms. The van der Waals surface area contributed by atoms with Crippen molar-refractivity contribution < 1.29 is 23.4 Å². The lowest BCUT2D eigenvalue weighted by atomic mass is 9.96. The monoisotopic (exact) mass is 393 g/mol. The average Bonchev–Trinajstić information content (AvgIpc) is 2.94. The van der Waals surface area contributed by atoms with Gasteiger partial charge in [0.2, 0.25) is 0 Å². The molecular weight excluding hydrogens is 370 g/mol. The lowest BCUT2D eigenvalue weighted by Crippen LogP contribution is -2.20. The van der Waals surface area contributed by atoms with Gasteiger partial charge in [0.15, 0.2) is 18.1 Å². The van der Waals surface area contributed by atoms with E-state index in [4.69, 9.17) is 18.6 Å². The van der Waals surface area contributed by atoms with Gasteiger partial charge in [-0.3, -0.25) is 4.79 Å². The quantitative estimate of drug-likeness (QED) is 0.707. The summed E-state index contributed by atoms with van der Waals surface area (Å²) in [7, 11) is 0. The molecule has 2 heterocycles. The fourth-order valence-electron chi connectivity index (χ4n) is 3.92. The molecule has 1 amide bonds. The van der Waals surface area contributed by atoms with Crippen LogP contribution in [0.5, 0.6) is 17.2 Å². The van der Waals surface area contributed by atoms with Gasteiger partial charge in [0.1, 0.15) is 17.1 Å². The first-order valence-corrected chi connectivity index (χ1v) is 10.1. The van der Waals surface area contributed by atoms with Gasteiger partial charge in [-0.15, -0.1) is 0 Å². The molecule has 1 aromatic heterocycles. The highest BCUT2D eigenvalue weighted by Gasteiger charge is 2.18. The maximum absolute atomic E-state index is 12.3. The number of hydrogen-bond donors (Lipinski definition) is 1. The number of nitrogens with one attached hydrogen (secondary N) is 1. The Kier molecular flexibility index (Phi) is 4.76. The summed E-state index contributed by atoms with van der Waals surface area (Å²) < 4.78 is 23.0. The van der Waals surface area contributed by atoms with E-state index in [1.807, 2.05) is 24.3 Å². The van der Waals surface area contributed by atoms with E-state index >= 15 is 0 Å². The number of ether oxygens (including phenoxy) is 3. The molecule has 150 valence electrons. The fraction of sp³-hybridized carbons (Fsp3) is 0.348. The van der Waals surface area contributed by atoms with E-state index in [1.54, 1.807) is 12.1 Å². The van der Waals surface area contributed by atoms with Crippen LogP contribution in [0.3, 0.4) is 0 Å². The molecule has 29 heavy (non-hydrogen) atoms. The molecule has 0 spiro atoms. The second-order valence-corrected chi connectivity index (χ2v) is 7.42. The van der Waals surface area contributed by atoms with Crippen LogP contribution >= 0.6 is 0 Å². The number of anilines is 1. The fourth-order valence-corrected chi connectivity index (χ4v) is 3.92. The van der Waals surface area contributed by atoms with Crippen molar-refractivity contribution in [1.82, 2.24) is 0 Å². The predicted octanol–water partition coefficient (Wildman–Crippen LogP) is 4.49. The van der Waals surface area contributed by atoms with Gasteiger partial charge in [-0.25, -0.2) is 0 Å². The largest absolute Gasteiger partial charge is 0.490 e. The summed E-state index contributed by atoms with van der Waals surface area (Å²) >= 11 is 0. The minimum atomic E-state index is -0.228. The Morgan fingerprint density at radius 3 is 2.76 bits per heavy atom. The Balaban J connectivity index is 1.24. The lowest BCUT2D eigenvalue weighted by molar-refractivity contribution is -0.118. The Labute approximate surface area is 168 Å². The predicted molar refractivity (Wildman–Crippen MR) is 109 cm³/mol. The van der Waals surface area contributed by atoms with Crippen LogP contribution in [0.2, 0.25) is 0 Å². The maximum atomic E-state index is 12.3. The second-order valence-electron chi connectivity index (χ2n) is 7.42. The zero-order valence-corrected chi connectivity index (χ0v) is 16.2. The molecule has 0 atom stereocenters. The van der Waals surface area contributed by atoms with Gasteiger partial charge in [0.05, 0.1) is 13.2 Å². The number of furan rings is 1. The first kappa shape index (κ1) is 17.9. The van der Waals surface area contributed by atoms with Crippen molar-refractivity contribution in [2.45, 2.75) is 32.1 Å². The third kappa shape index (κ3) is 3.75. The number of hydrogen-bond acceptors (Lipinski definition) is 5. The number of carbonyl (C=O) groups is 1. The molecule has 0 bridgehead atoms. The zero-order chi connectivity index (χ0) is 19.6. The normalized spacial score (nSPS) is 15.4. The van der Waals surface area contributed by atoms with E-state index in [9.17, 15) is 4.79 Å². The molecule has 3 aromatic rings. The van der Waals surface area contributed by atoms with Crippen molar-refractivity contribution in [2.24, 2.45) is 0 Å². The van der Waals surface area contributed by atoms with E-state index in [0.29, 0.717) is 36.1 Å². The van der Waals surface area contributed by atoms with Crippen molar-refractivity contribution in [3.63, 3.8) is 0 Å². The molecule has 1 aliphatic carbocycles. The summed E-state index contributed by atoms with van der Waals surface area (Å²) in [6.45, 7) is 1.17. The SMILES string of the molecule is O=C(COc1ccc2oc3c(c2c1)CCCC3)Nc1ccc2c(c1)OCCCO2. The Hall–Kier alpha value is -3.15. The van der Waals surface area contributed by atoms with Gasteiger partial charge in [-0.1, -0.05) is 0 Å². The van der Waals surface area contributed by atoms with Gasteiger partial charge >= 0.3 is 0 Å². The standard InChI is InChI=1S/C23H23NO5/c25-23(24-15-6-8-21-22(12-15)27-11-3-10-26-21)14-28-16-7-9-20-18(13-16)17-4-1-2-5-19(17)29-20/h6-9,12-13H,1-5,10-11,14H2,(H,24,25). The summed E-state index contributed by atoms with van der Waals surface area (Å²) in [5.41, 5.74) is 2.83. The Bertz CT molecular complexity index is 1050. The molecule has 0 unspecified atom stereocenters. The van der Waals surface area contributed by atoms with Crippen LogP contribution in [0.15, 0.2) is 40.8 Å². The number of carbonyl (C=O) groups excluding carboxylic acids is 1. The molecule has 0 radical (unpaired) electrons. The van der Waals surface area contributed by atoms with Gasteiger partial charge < -0.3 is 23.9 Å². The van der Waals surface area contributed by atoms with E-state index in [0.717, 1.165) is 36.0 Å². The van der Waals surface area contributed by atoms with Crippen LogP contribution in [0.25, 0.3) is 11.0 Å². The third-order valence-corrected chi connectivity index (χ3v) is 5.33. The number of benzene rings is 2. The van der Waals surface area contributed by atoms with Crippen molar-refractivity contribution in [3.8, 4) is 17.2 Å². The van der Waals surface area contributed by atoms with Crippen LogP contribution in [-0.4, -0.2) is 25.7 Å². The number of aryl methyl sites for hydroxylation is 2. The highest BCUT2D eigenvalue weighted by atomic mass is 16.5. The average molecular weight is 393 g/mol. The molecule has 6 nitrogen and oxygen atoms in total. The van der Waals surface area contributed by atoms with Crippen LogP contribution < -0.4 is 19.5 Å². The van der Waals surface area contributed by atoms with Crippen molar-refractivity contribution >= 4 is 22.6 Å². The maximum Gasteiger partial charge on any atom is 0.262 e. The minimum absolute atomic E-state index is 0.0695. The molecule has 1 aliphatic heterocycles. The van der Waals surface area contributed by atoms with Crippen LogP contribution in [-0.2, 0) is 17.6 Å². The van der Waals surface area contributed by atoms with Crippen molar-refractivity contribution in [2.75, 3.05) is 25.1 Å².